The number of aliphatic hydroxyl groups excluding tert-OH is 1. The Morgan fingerprint density at radius 3 is 2.92 bits per heavy atom. The fourth-order valence-corrected chi connectivity index (χ4v) is 2.78. The van der Waals surface area contributed by atoms with Gasteiger partial charge in [0.25, 0.3) is 0 Å². The lowest BCUT2D eigenvalue weighted by Gasteiger charge is -2.56. The minimum atomic E-state index is 0.161. The van der Waals surface area contributed by atoms with Gasteiger partial charge in [0.05, 0.1) is 6.61 Å². The van der Waals surface area contributed by atoms with Gasteiger partial charge in [0, 0.05) is 0 Å². The molecule has 0 amide bonds. The van der Waals surface area contributed by atoms with Gasteiger partial charge >= 0.3 is 0 Å². The van der Waals surface area contributed by atoms with Gasteiger partial charge in [0.15, 0.2) is 0 Å². The Hall–Kier alpha value is -0.560. The van der Waals surface area contributed by atoms with E-state index in [4.69, 9.17) is 5.11 Å². The van der Waals surface area contributed by atoms with Crippen molar-refractivity contribution >= 4 is 0 Å². The number of fused-ring (bicyclic) bond motifs is 1. The molecular weight excluding hydrogens is 160 g/mol. The summed E-state index contributed by atoms with van der Waals surface area (Å²) in [6.45, 7) is 4.89. The predicted octanol–water partition coefficient (Wildman–Crippen LogP) is 2.53. The molecule has 1 N–H and O–H groups in total. The van der Waals surface area contributed by atoms with Gasteiger partial charge in [-0.3, -0.25) is 0 Å². The summed E-state index contributed by atoms with van der Waals surface area (Å²) in [6, 6.07) is 0. The van der Waals surface area contributed by atoms with E-state index >= 15 is 0 Å². The molecular formula is C12H18O. The van der Waals surface area contributed by atoms with E-state index in [0.29, 0.717) is 5.41 Å². The minimum absolute atomic E-state index is 0.161. The van der Waals surface area contributed by atoms with E-state index in [-0.39, 0.29) is 6.61 Å². The first kappa shape index (κ1) is 9.01. The summed E-state index contributed by atoms with van der Waals surface area (Å²) in [5.74, 6) is 1.65. The highest BCUT2D eigenvalue weighted by Crippen LogP contribution is 2.59. The average Bonchev–Trinajstić information content (AvgIpc) is 2.14. The second-order valence-electron chi connectivity index (χ2n) is 4.83. The molecule has 1 nitrogen and oxygen atoms in total. The summed E-state index contributed by atoms with van der Waals surface area (Å²) < 4.78 is 0. The smallest absolute Gasteiger partial charge is 0.0615 e. The number of aliphatic hydroxyl groups is 1. The van der Waals surface area contributed by atoms with E-state index in [1.165, 1.54) is 18.4 Å². The molecule has 3 aliphatic carbocycles. The van der Waals surface area contributed by atoms with Gasteiger partial charge in [0.1, 0.15) is 0 Å². The van der Waals surface area contributed by atoms with Gasteiger partial charge in [-0.15, -0.1) is 0 Å². The van der Waals surface area contributed by atoms with Crippen LogP contribution in [-0.2, 0) is 0 Å². The van der Waals surface area contributed by atoms with Crippen molar-refractivity contribution in [3.05, 3.63) is 23.8 Å². The molecule has 72 valence electrons. The van der Waals surface area contributed by atoms with E-state index in [2.05, 4.69) is 26.0 Å². The van der Waals surface area contributed by atoms with Gasteiger partial charge in [0.2, 0.25) is 0 Å². The minimum Gasteiger partial charge on any atom is -0.392 e. The summed E-state index contributed by atoms with van der Waals surface area (Å²) in [5.41, 5.74) is 1.95. The molecule has 0 spiro atoms. The van der Waals surface area contributed by atoms with Gasteiger partial charge in [-0.25, -0.2) is 0 Å². The van der Waals surface area contributed by atoms with Crippen LogP contribution in [0.15, 0.2) is 23.8 Å². The molecule has 1 heteroatoms. The summed E-state index contributed by atoms with van der Waals surface area (Å²) in [7, 11) is 0. The van der Waals surface area contributed by atoms with Gasteiger partial charge in [-0.1, -0.05) is 32.1 Å². The molecule has 0 aromatic carbocycles. The lowest BCUT2D eigenvalue weighted by atomic mass is 9.49. The van der Waals surface area contributed by atoms with Crippen molar-refractivity contribution in [2.45, 2.75) is 26.7 Å². The first-order valence-electron chi connectivity index (χ1n) is 5.13. The van der Waals surface area contributed by atoms with E-state index in [1.54, 1.807) is 0 Å². The maximum absolute atomic E-state index is 8.71. The standard InChI is InChI=1S/C12H18O/c1-12(2)10-6-5-9(4-3-7-13)11(12)8-10/h3-5,10-11,13H,6-8H2,1-2H3/b4-3+. The zero-order valence-corrected chi connectivity index (χ0v) is 8.46. The van der Waals surface area contributed by atoms with Crippen molar-refractivity contribution < 1.29 is 5.11 Å². The van der Waals surface area contributed by atoms with Crippen LogP contribution in [0.2, 0.25) is 0 Å². The largest absolute Gasteiger partial charge is 0.392 e. The van der Waals surface area contributed by atoms with Gasteiger partial charge in [-0.05, 0) is 35.7 Å². The number of hydrogen-bond donors (Lipinski definition) is 1. The van der Waals surface area contributed by atoms with E-state index in [9.17, 15) is 0 Å². The lowest BCUT2D eigenvalue weighted by molar-refractivity contribution is -0.00332. The molecule has 0 heterocycles. The third-order valence-electron chi connectivity index (χ3n) is 3.93. The number of hydrogen-bond acceptors (Lipinski definition) is 1. The van der Waals surface area contributed by atoms with Crippen molar-refractivity contribution in [1.82, 2.24) is 0 Å². The van der Waals surface area contributed by atoms with Crippen LogP contribution in [0.5, 0.6) is 0 Å². The first-order chi connectivity index (χ1) is 6.16. The summed E-state index contributed by atoms with van der Waals surface area (Å²) in [4.78, 5) is 0. The molecule has 3 aliphatic rings. The van der Waals surface area contributed by atoms with Crippen LogP contribution in [0.1, 0.15) is 26.7 Å². The lowest BCUT2D eigenvalue weighted by Crippen LogP contribution is -2.47. The molecule has 0 aromatic heterocycles. The Kier molecular flexibility index (Phi) is 2.07. The molecule has 0 aromatic rings. The summed E-state index contributed by atoms with van der Waals surface area (Å²) in [5, 5.41) is 8.71. The predicted molar refractivity (Wildman–Crippen MR) is 54.3 cm³/mol. The first-order valence-corrected chi connectivity index (χ1v) is 5.13. The van der Waals surface area contributed by atoms with Crippen LogP contribution in [0.25, 0.3) is 0 Å². The topological polar surface area (TPSA) is 20.2 Å². The molecule has 0 radical (unpaired) electrons. The SMILES string of the molecule is CC1(C)C2CC=C(/C=C/CO)C1C2. The number of rotatable bonds is 2. The van der Waals surface area contributed by atoms with Gasteiger partial charge < -0.3 is 5.11 Å². The maximum Gasteiger partial charge on any atom is 0.0615 e. The number of allylic oxidation sites excluding steroid dienone is 3. The molecule has 1 fully saturated rings. The van der Waals surface area contributed by atoms with Crippen molar-refractivity contribution in [1.29, 1.82) is 0 Å². The molecule has 1 saturated carbocycles. The summed E-state index contributed by atoms with van der Waals surface area (Å²) in [6.07, 6.45) is 8.88. The highest BCUT2D eigenvalue weighted by atomic mass is 16.2. The Morgan fingerprint density at radius 1 is 1.62 bits per heavy atom. The molecule has 2 bridgehead atoms. The second-order valence-corrected chi connectivity index (χ2v) is 4.83. The monoisotopic (exact) mass is 178 g/mol. The third kappa shape index (κ3) is 1.26. The maximum atomic E-state index is 8.71. The molecule has 0 aliphatic heterocycles. The van der Waals surface area contributed by atoms with Crippen LogP contribution in [0.3, 0.4) is 0 Å². The van der Waals surface area contributed by atoms with Crippen LogP contribution in [-0.4, -0.2) is 11.7 Å². The Morgan fingerprint density at radius 2 is 2.38 bits per heavy atom. The van der Waals surface area contributed by atoms with Crippen molar-refractivity contribution in [3.63, 3.8) is 0 Å². The van der Waals surface area contributed by atoms with Crippen molar-refractivity contribution in [2.75, 3.05) is 6.61 Å². The fraction of sp³-hybridized carbons (Fsp3) is 0.667. The average molecular weight is 178 g/mol. The van der Waals surface area contributed by atoms with Crippen LogP contribution < -0.4 is 0 Å². The summed E-state index contributed by atoms with van der Waals surface area (Å²) >= 11 is 0. The zero-order chi connectivity index (χ0) is 9.47. The molecule has 2 atom stereocenters. The third-order valence-corrected chi connectivity index (χ3v) is 3.93. The van der Waals surface area contributed by atoms with E-state index in [1.807, 2.05) is 6.08 Å². The Bertz CT molecular complexity index is 260. The van der Waals surface area contributed by atoms with E-state index in [0.717, 1.165) is 11.8 Å². The van der Waals surface area contributed by atoms with Crippen LogP contribution in [0, 0.1) is 17.3 Å². The van der Waals surface area contributed by atoms with Gasteiger partial charge in [-0.2, -0.15) is 0 Å². The molecule has 2 unspecified atom stereocenters. The normalized spacial score (nSPS) is 35.8. The highest BCUT2D eigenvalue weighted by Gasteiger charge is 2.50. The molecule has 13 heavy (non-hydrogen) atoms. The van der Waals surface area contributed by atoms with Crippen LogP contribution in [0.4, 0.5) is 0 Å². The van der Waals surface area contributed by atoms with Crippen LogP contribution >= 0.6 is 0 Å². The van der Waals surface area contributed by atoms with Crippen molar-refractivity contribution in [2.24, 2.45) is 17.3 Å². The highest BCUT2D eigenvalue weighted by molar-refractivity contribution is 5.31. The van der Waals surface area contributed by atoms with Crippen molar-refractivity contribution in [3.8, 4) is 0 Å². The quantitative estimate of drug-likeness (QED) is 0.689. The Labute approximate surface area is 80.2 Å². The van der Waals surface area contributed by atoms with E-state index < -0.39 is 0 Å². The fourth-order valence-electron chi connectivity index (χ4n) is 2.78. The molecule has 3 rings (SSSR count). The zero-order valence-electron chi connectivity index (χ0n) is 8.46. The Balaban J connectivity index is 2.14. The second kappa shape index (κ2) is 2.98. The molecule has 0 saturated heterocycles.